The lowest BCUT2D eigenvalue weighted by Gasteiger charge is -2.65. The van der Waals surface area contributed by atoms with Crippen molar-refractivity contribution >= 4 is 11.6 Å². The Morgan fingerprint density at radius 3 is 2.31 bits per heavy atom. The number of carbonyl (C=O) groups is 1. The summed E-state index contributed by atoms with van der Waals surface area (Å²) in [6.07, 6.45) is 12.9. The number of carbonyl (C=O) groups excluding carboxylic acids is 1. The lowest BCUT2D eigenvalue weighted by Crippen LogP contribution is -2.71. The zero-order chi connectivity index (χ0) is 28.8. The van der Waals surface area contributed by atoms with Crippen LogP contribution in [-0.2, 0) is 15.6 Å². The standard InChI is InChI=1S/C33H38FN5O3/c1-3-41-28-35-16-23(17-36-28)22-5-4-6-24(15-22)39(27(40)32-18-33(34,19-32)20-32)21-30-9-12-31(13-10-30,14-11-30)25-37-26(42-38-25)29(2)7-8-29/h4-6,15-17H,3,7-14,18-21H2,1-2H3. The number of alkyl halides is 1. The molecule has 4 bridgehead atoms. The highest BCUT2D eigenvalue weighted by atomic mass is 19.1. The summed E-state index contributed by atoms with van der Waals surface area (Å²) in [7, 11) is 0. The number of fused-ring (bicyclic) bond motifs is 3. The second-order valence-corrected chi connectivity index (χ2v) is 14.4. The van der Waals surface area contributed by atoms with E-state index in [0.717, 1.165) is 79.9 Å². The summed E-state index contributed by atoms with van der Waals surface area (Å²) in [6, 6.07) is 8.41. The number of hydrogen-bond donors (Lipinski definition) is 0. The Balaban J connectivity index is 1.06. The van der Waals surface area contributed by atoms with Gasteiger partial charge in [-0.15, -0.1) is 0 Å². The molecule has 0 saturated heterocycles. The van der Waals surface area contributed by atoms with Crippen LogP contribution >= 0.6 is 0 Å². The number of benzene rings is 1. The van der Waals surface area contributed by atoms with Crippen LogP contribution in [0.3, 0.4) is 0 Å². The number of hydrogen-bond acceptors (Lipinski definition) is 7. The summed E-state index contributed by atoms with van der Waals surface area (Å²) in [6.45, 7) is 5.26. The van der Waals surface area contributed by atoms with Gasteiger partial charge >= 0.3 is 6.01 Å². The second-order valence-electron chi connectivity index (χ2n) is 14.4. The van der Waals surface area contributed by atoms with Gasteiger partial charge in [0.1, 0.15) is 5.67 Å². The van der Waals surface area contributed by atoms with E-state index in [0.29, 0.717) is 38.4 Å². The fourth-order valence-corrected chi connectivity index (χ4v) is 8.24. The molecule has 1 aromatic carbocycles. The maximum absolute atomic E-state index is 14.6. The molecule has 0 aliphatic heterocycles. The fraction of sp³-hybridized carbons (Fsp3) is 0.606. The average molecular weight is 572 g/mol. The zero-order valence-corrected chi connectivity index (χ0v) is 24.5. The van der Waals surface area contributed by atoms with Crippen molar-refractivity contribution in [2.75, 3.05) is 18.1 Å². The monoisotopic (exact) mass is 571 g/mol. The van der Waals surface area contributed by atoms with Crippen LogP contribution < -0.4 is 9.64 Å². The van der Waals surface area contributed by atoms with Crippen molar-refractivity contribution in [3.05, 3.63) is 48.4 Å². The highest BCUT2D eigenvalue weighted by Gasteiger charge is 2.73. The molecule has 7 saturated carbocycles. The molecule has 2 aromatic heterocycles. The summed E-state index contributed by atoms with van der Waals surface area (Å²) in [5.41, 5.74) is 1.07. The molecular weight excluding hydrogens is 533 g/mol. The fourth-order valence-electron chi connectivity index (χ4n) is 8.24. The van der Waals surface area contributed by atoms with Crippen LogP contribution in [-0.4, -0.2) is 44.8 Å². The van der Waals surface area contributed by atoms with E-state index >= 15 is 0 Å². The number of ether oxygens (including phenoxy) is 1. The number of anilines is 1. The largest absolute Gasteiger partial charge is 0.464 e. The van der Waals surface area contributed by atoms with E-state index in [-0.39, 0.29) is 22.2 Å². The van der Waals surface area contributed by atoms with Gasteiger partial charge in [-0.25, -0.2) is 14.4 Å². The first-order chi connectivity index (χ1) is 20.2. The van der Waals surface area contributed by atoms with Crippen molar-refractivity contribution in [3.63, 3.8) is 0 Å². The minimum absolute atomic E-state index is 0.0222. The number of amides is 1. The summed E-state index contributed by atoms with van der Waals surface area (Å²) in [4.78, 5) is 29.8. The van der Waals surface area contributed by atoms with Crippen LogP contribution in [0.25, 0.3) is 11.1 Å². The van der Waals surface area contributed by atoms with Crippen molar-refractivity contribution in [1.29, 1.82) is 0 Å². The van der Waals surface area contributed by atoms with Crippen molar-refractivity contribution in [1.82, 2.24) is 20.1 Å². The van der Waals surface area contributed by atoms with Crippen LogP contribution in [0, 0.1) is 10.8 Å². The number of halogens is 1. The van der Waals surface area contributed by atoms with Gasteiger partial charge in [-0.05, 0) is 101 Å². The van der Waals surface area contributed by atoms with E-state index in [1.54, 1.807) is 12.4 Å². The summed E-state index contributed by atoms with van der Waals surface area (Å²) >= 11 is 0. The van der Waals surface area contributed by atoms with Crippen molar-refractivity contribution in [2.24, 2.45) is 10.8 Å². The third-order valence-corrected chi connectivity index (χ3v) is 11.4. The minimum atomic E-state index is -1.13. The third-order valence-electron chi connectivity index (χ3n) is 11.4. The summed E-state index contributed by atoms with van der Waals surface area (Å²) in [5.74, 6) is 1.77. The number of nitrogens with zero attached hydrogens (tertiary/aromatic N) is 5. The van der Waals surface area contributed by atoms with E-state index in [4.69, 9.17) is 14.2 Å². The molecule has 0 N–H and O–H groups in total. The summed E-state index contributed by atoms with van der Waals surface area (Å²) < 4.78 is 25.7. The third kappa shape index (κ3) is 4.02. The molecule has 0 spiro atoms. The highest BCUT2D eigenvalue weighted by molar-refractivity contribution is 6.00. The van der Waals surface area contributed by atoms with Crippen LogP contribution in [0.5, 0.6) is 6.01 Å². The molecule has 1 amide bonds. The van der Waals surface area contributed by atoms with Crippen molar-refractivity contribution in [2.45, 2.75) is 101 Å². The van der Waals surface area contributed by atoms with Crippen LogP contribution in [0.1, 0.15) is 96.2 Å². The maximum Gasteiger partial charge on any atom is 0.316 e. The van der Waals surface area contributed by atoms with Crippen LogP contribution in [0.15, 0.2) is 41.2 Å². The molecule has 10 rings (SSSR count). The number of rotatable bonds is 9. The van der Waals surface area contributed by atoms with E-state index in [9.17, 15) is 9.18 Å². The predicted molar refractivity (Wildman–Crippen MR) is 154 cm³/mol. The van der Waals surface area contributed by atoms with E-state index < -0.39 is 11.1 Å². The molecule has 0 radical (unpaired) electrons. The molecule has 7 aliphatic carbocycles. The zero-order valence-electron chi connectivity index (χ0n) is 24.5. The normalized spacial score (nSPS) is 33.4. The SMILES string of the molecule is CCOc1ncc(-c2cccc(N(CC34CCC(c5noc(C6(C)CC6)n5)(CC3)CC4)C(=O)C34CC(F)(C3)C4)c2)cn1. The van der Waals surface area contributed by atoms with Crippen LogP contribution in [0.2, 0.25) is 0 Å². The molecule has 220 valence electrons. The van der Waals surface area contributed by atoms with Gasteiger partial charge in [-0.3, -0.25) is 4.79 Å². The van der Waals surface area contributed by atoms with Gasteiger partial charge in [-0.1, -0.05) is 24.2 Å². The Morgan fingerprint density at radius 2 is 1.69 bits per heavy atom. The molecule has 2 heterocycles. The Kier molecular flexibility index (Phi) is 5.53. The molecule has 7 fully saturated rings. The quantitative estimate of drug-likeness (QED) is 0.290. The van der Waals surface area contributed by atoms with E-state index in [1.165, 1.54) is 0 Å². The first-order valence-electron chi connectivity index (χ1n) is 15.6. The molecule has 42 heavy (non-hydrogen) atoms. The molecule has 7 aliphatic rings. The molecule has 8 nitrogen and oxygen atoms in total. The Morgan fingerprint density at radius 1 is 1.00 bits per heavy atom. The maximum atomic E-state index is 14.6. The lowest BCUT2D eigenvalue weighted by atomic mass is 9.41. The topological polar surface area (TPSA) is 94.2 Å². The van der Waals surface area contributed by atoms with Gasteiger partial charge in [0.15, 0.2) is 5.82 Å². The minimum Gasteiger partial charge on any atom is -0.464 e. The number of aromatic nitrogens is 4. The first-order valence-corrected chi connectivity index (χ1v) is 15.6. The molecular formula is C33H38FN5O3. The van der Waals surface area contributed by atoms with Gasteiger partial charge in [0.25, 0.3) is 0 Å². The molecule has 0 atom stereocenters. The van der Waals surface area contributed by atoms with Crippen molar-refractivity contribution in [3.8, 4) is 17.1 Å². The predicted octanol–water partition coefficient (Wildman–Crippen LogP) is 6.49. The Bertz CT molecular complexity index is 1500. The first kappa shape index (κ1) is 26.3. The van der Waals surface area contributed by atoms with E-state index in [2.05, 4.69) is 28.1 Å². The molecule has 3 aromatic rings. The van der Waals surface area contributed by atoms with Crippen molar-refractivity contribution < 1.29 is 18.4 Å². The van der Waals surface area contributed by atoms with Gasteiger partial charge in [0.05, 0.1) is 12.0 Å². The molecule has 9 heteroatoms. The second kappa shape index (κ2) is 8.83. The van der Waals surface area contributed by atoms with Gasteiger partial charge in [-0.2, -0.15) is 4.98 Å². The van der Waals surface area contributed by atoms with Gasteiger partial charge in [0, 0.05) is 41.0 Å². The highest BCUT2D eigenvalue weighted by Crippen LogP contribution is 2.70. The Hall–Kier alpha value is -3.36. The molecule has 0 unspecified atom stereocenters. The summed E-state index contributed by atoms with van der Waals surface area (Å²) in [5, 5.41) is 4.49. The lowest BCUT2D eigenvalue weighted by molar-refractivity contribution is -0.211. The van der Waals surface area contributed by atoms with Gasteiger partial charge in [0.2, 0.25) is 11.8 Å². The Labute approximate surface area is 245 Å². The van der Waals surface area contributed by atoms with Gasteiger partial charge < -0.3 is 14.2 Å². The average Bonchev–Trinajstić information content (AvgIpc) is 3.52. The van der Waals surface area contributed by atoms with Crippen LogP contribution in [0.4, 0.5) is 10.1 Å². The smallest absolute Gasteiger partial charge is 0.316 e. The van der Waals surface area contributed by atoms with E-state index in [1.807, 2.05) is 30.0 Å².